The monoisotopic (exact) mass is 155 g/mol. The smallest absolute Gasteiger partial charge is 0.418 e. The Balaban J connectivity index is 0.000000187. The van der Waals surface area contributed by atoms with E-state index in [0.717, 1.165) is 0 Å². The normalized spacial score (nSPS) is 7.36. The molecule has 0 fully saturated rings. The van der Waals surface area contributed by atoms with Gasteiger partial charge in [-0.1, -0.05) is 6.07 Å². The highest BCUT2D eigenvalue weighted by Crippen LogP contribution is 1.73. The first kappa shape index (κ1) is 9.38. The molecule has 1 aromatic rings. The molecule has 1 aromatic heterocycles. The quantitative estimate of drug-likeness (QED) is 0.284. The van der Waals surface area contributed by atoms with Crippen molar-refractivity contribution < 1.29 is 9.90 Å². The maximum atomic E-state index is 9.13. The SMILES string of the molecule is NNC(=O)O.c1ccncc1. The predicted molar refractivity (Wildman–Crippen MR) is 39.6 cm³/mol. The van der Waals surface area contributed by atoms with E-state index in [1.54, 1.807) is 12.4 Å². The molecule has 0 aliphatic heterocycles. The number of amides is 1. The number of hydrogen-bond acceptors (Lipinski definition) is 3. The van der Waals surface area contributed by atoms with Gasteiger partial charge in [0.25, 0.3) is 0 Å². The third-order valence-electron chi connectivity index (χ3n) is 0.690. The Hall–Kier alpha value is -1.62. The van der Waals surface area contributed by atoms with E-state index in [1.165, 1.54) is 5.43 Å². The van der Waals surface area contributed by atoms with E-state index in [-0.39, 0.29) is 0 Å². The van der Waals surface area contributed by atoms with Crippen LogP contribution < -0.4 is 11.3 Å². The van der Waals surface area contributed by atoms with Gasteiger partial charge in [-0.05, 0) is 12.1 Å². The van der Waals surface area contributed by atoms with Gasteiger partial charge in [-0.3, -0.25) is 10.4 Å². The van der Waals surface area contributed by atoms with Crippen LogP contribution in [0.3, 0.4) is 0 Å². The molecule has 1 rings (SSSR count). The minimum absolute atomic E-state index is 1.22. The van der Waals surface area contributed by atoms with Crippen molar-refractivity contribution in [3.8, 4) is 0 Å². The molecule has 5 heteroatoms. The summed E-state index contributed by atoms with van der Waals surface area (Å²) in [5, 5.41) is 7.49. The third kappa shape index (κ3) is 8.38. The minimum Gasteiger partial charge on any atom is -0.464 e. The molecule has 0 radical (unpaired) electrons. The first-order valence-electron chi connectivity index (χ1n) is 2.82. The highest BCUT2D eigenvalue weighted by Gasteiger charge is 1.77. The molecular formula is C6H9N3O2. The molecule has 0 saturated carbocycles. The van der Waals surface area contributed by atoms with E-state index < -0.39 is 6.09 Å². The summed E-state index contributed by atoms with van der Waals surface area (Å²) < 4.78 is 0. The molecule has 0 aromatic carbocycles. The van der Waals surface area contributed by atoms with Crippen LogP contribution >= 0.6 is 0 Å². The van der Waals surface area contributed by atoms with Crippen LogP contribution in [0, 0.1) is 0 Å². The first-order chi connectivity index (χ1) is 5.27. The van der Waals surface area contributed by atoms with E-state index in [4.69, 9.17) is 9.90 Å². The Bertz CT molecular complexity index is 164. The van der Waals surface area contributed by atoms with E-state index in [9.17, 15) is 0 Å². The van der Waals surface area contributed by atoms with Crippen molar-refractivity contribution in [1.82, 2.24) is 10.4 Å². The molecule has 4 N–H and O–H groups in total. The van der Waals surface area contributed by atoms with Crippen LogP contribution in [-0.2, 0) is 0 Å². The number of nitrogens with two attached hydrogens (primary N) is 1. The van der Waals surface area contributed by atoms with E-state index in [0.29, 0.717) is 0 Å². The molecular weight excluding hydrogens is 146 g/mol. The number of carbonyl (C=O) groups is 1. The summed E-state index contributed by atoms with van der Waals surface area (Å²) in [6.45, 7) is 0. The summed E-state index contributed by atoms with van der Waals surface area (Å²) in [7, 11) is 0. The van der Waals surface area contributed by atoms with Crippen LogP contribution in [0.25, 0.3) is 0 Å². The molecule has 5 nitrogen and oxygen atoms in total. The molecule has 0 aliphatic rings. The summed E-state index contributed by atoms with van der Waals surface area (Å²) in [6, 6.07) is 5.72. The number of carboxylic acid groups (broad SMARTS) is 1. The summed E-state index contributed by atoms with van der Waals surface area (Å²) >= 11 is 0. The van der Waals surface area contributed by atoms with Gasteiger partial charge in [0.05, 0.1) is 0 Å². The Morgan fingerprint density at radius 1 is 1.36 bits per heavy atom. The maximum Gasteiger partial charge on any atom is 0.418 e. The number of aromatic nitrogens is 1. The second kappa shape index (κ2) is 6.50. The number of nitrogens with zero attached hydrogens (tertiary/aromatic N) is 1. The van der Waals surface area contributed by atoms with Crippen LogP contribution in [0.1, 0.15) is 0 Å². The Kier molecular flexibility index (Phi) is 5.54. The Morgan fingerprint density at radius 2 is 1.82 bits per heavy atom. The zero-order valence-electron chi connectivity index (χ0n) is 5.77. The fourth-order valence-corrected chi connectivity index (χ4v) is 0.313. The van der Waals surface area contributed by atoms with Gasteiger partial charge in [-0.15, -0.1) is 0 Å². The van der Waals surface area contributed by atoms with Gasteiger partial charge in [0.2, 0.25) is 0 Å². The standard InChI is InChI=1S/C5H5N.CH4N2O2/c1-2-4-6-5-3-1;2-3-1(4)5/h1-5H;3H,2H2,(H,4,5). The molecule has 0 unspecified atom stereocenters. The Morgan fingerprint density at radius 3 is 1.91 bits per heavy atom. The van der Waals surface area contributed by atoms with Crippen molar-refractivity contribution in [2.75, 3.05) is 0 Å². The largest absolute Gasteiger partial charge is 0.464 e. The van der Waals surface area contributed by atoms with Crippen molar-refractivity contribution in [1.29, 1.82) is 0 Å². The number of pyridine rings is 1. The highest BCUT2D eigenvalue weighted by atomic mass is 16.4. The van der Waals surface area contributed by atoms with Crippen LogP contribution in [0.4, 0.5) is 4.79 Å². The van der Waals surface area contributed by atoms with Gasteiger partial charge in [0.15, 0.2) is 0 Å². The van der Waals surface area contributed by atoms with Crippen LogP contribution in [0.5, 0.6) is 0 Å². The van der Waals surface area contributed by atoms with Crippen molar-refractivity contribution >= 4 is 6.09 Å². The molecule has 0 atom stereocenters. The number of hydrogen-bond donors (Lipinski definition) is 3. The first-order valence-corrected chi connectivity index (χ1v) is 2.82. The maximum absolute atomic E-state index is 9.13. The summed E-state index contributed by atoms with van der Waals surface area (Å²) in [5.74, 6) is 4.32. The van der Waals surface area contributed by atoms with Crippen LogP contribution in [0.15, 0.2) is 30.6 Å². The van der Waals surface area contributed by atoms with E-state index in [2.05, 4.69) is 10.8 Å². The van der Waals surface area contributed by atoms with E-state index >= 15 is 0 Å². The fraction of sp³-hybridized carbons (Fsp3) is 0. The summed E-state index contributed by atoms with van der Waals surface area (Å²) in [4.78, 5) is 12.9. The van der Waals surface area contributed by atoms with E-state index in [1.807, 2.05) is 18.2 Å². The number of hydrazine groups is 1. The van der Waals surface area contributed by atoms with Gasteiger partial charge >= 0.3 is 6.09 Å². The highest BCUT2D eigenvalue weighted by molar-refractivity contribution is 5.63. The average molecular weight is 155 g/mol. The van der Waals surface area contributed by atoms with Gasteiger partial charge in [-0.25, -0.2) is 10.6 Å². The second-order valence-corrected chi connectivity index (χ2v) is 1.47. The van der Waals surface area contributed by atoms with Crippen molar-refractivity contribution in [2.24, 2.45) is 5.84 Å². The molecule has 0 aliphatic carbocycles. The topological polar surface area (TPSA) is 88.2 Å². The van der Waals surface area contributed by atoms with Crippen LogP contribution in [-0.4, -0.2) is 16.2 Å². The van der Waals surface area contributed by atoms with Gasteiger partial charge < -0.3 is 5.11 Å². The lowest BCUT2D eigenvalue weighted by molar-refractivity contribution is 0.194. The van der Waals surface area contributed by atoms with Crippen molar-refractivity contribution in [3.05, 3.63) is 30.6 Å². The van der Waals surface area contributed by atoms with Crippen LogP contribution in [0.2, 0.25) is 0 Å². The molecule has 60 valence electrons. The molecule has 0 bridgehead atoms. The third-order valence-corrected chi connectivity index (χ3v) is 0.690. The lowest BCUT2D eigenvalue weighted by atomic mass is 10.5. The zero-order chi connectivity index (χ0) is 8.53. The molecule has 0 spiro atoms. The lowest BCUT2D eigenvalue weighted by Crippen LogP contribution is -2.27. The number of rotatable bonds is 0. The van der Waals surface area contributed by atoms with Gasteiger partial charge in [0.1, 0.15) is 0 Å². The molecule has 1 amide bonds. The molecule has 11 heavy (non-hydrogen) atoms. The van der Waals surface area contributed by atoms with Gasteiger partial charge in [-0.2, -0.15) is 0 Å². The zero-order valence-corrected chi connectivity index (χ0v) is 5.77. The molecule has 0 saturated heterocycles. The van der Waals surface area contributed by atoms with Gasteiger partial charge in [0, 0.05) is 12.4 Å². The Labute approximate surface area is 63.8 Å². The number of nitrogens with one attached hydrogen (secondary N) is 1. The lowest BCUT2D eigenvalue weighted by Gasteiger charge is -1.79. The average Bonchev–Trinajstić information content (AvgIpc) is 2.09. The minimum atomic E-state index is -1.22. The second-order valence-electron chi connectivity index (χ2n) is 1.47. The summed E-state index contributed by atoms with van der Waals surface area (Å²) in [5.41, 5.74) is 1.44. The predicted octanol–water partition coefficient (Wildman–Crippen LogP) is 0.209. The molecule has 1 heterocycles. The van der Waals surface area contributed by atoms with Crippen molar-refractivity contribution in [3.63, 3.8) is 0 Å². The fourth-order valence-electron chi connectivity index (χ4n) is 0.313. The summed E-state index contributed by atoms with van der Waals surface area (Å²) in [6.07, 6.45) is 2.28. The van der Waals surface area contributed by atoms with Crippen molar-refractivity contribution in [2.45, 2.75) is 0 Å².